The highest BCUT2D eigenvalue weighted by atomic mass is 16.5. The van der Waals surface area contributed by atoms with Crippen molar-refractivity contribution in [2.45, 2.75) is 51.6 Å². The number of carbonyl (C=O) groups excluding carboxylic acids is 2. The molecule has 6 heteroatoms. The van der Waals surface area contributed by atoms with Gasteiger partial charge in [0, 0.05) is 25.2 Å². The van der Waals surface area contributed by atoms with E-state index in [0.717, 1.165) is 0 Å². The van der Waals surface area contributed by atoms with Crippen molar-refractivity contribution in [1.82, 2.24) is 9.80 Å². The molecule has 6 nitrogen and oxygen atoms in total. The molecule has 0 radical (unpaired) electrons. The van der Waals surface area contributed by atoms with Crippen LogP contribution in [0.3, 0.4) is 0 Å². The van der Waals surface area contributed by atoms with Crippen molar-refractivity contribution in [3.8, 4) is 0 Å². The molecule has 0 spiro atoms. The van der Waals surface area contributed by atoms with Gasteiger partial charge in [-0.2, -0.15) is 0 Å². The second-order valence-electron chi connectivity index (χ2n) is 7.71. The summed E-state index contributed by atoms with van der Waals surface area (Å²) in [5.74, 6) is 1.40. The molecule has 136 valence electrons. The smallest absolute Gasteiger partial charge is 0.248 e. The minimum absolute atomic E-state index is 0.0191. The Hall–Kier alpha value is -1.14. The normalized spacial score (nSPS) is 27.4. The van der Waals surface area contributed by atoms with Crippen LogP contribution in [0.1, 0.15) is 39.5 Å². The molecule has 2 saturated carbocycles. The second kappa shape index (κ2) is 7.83. The molecule has 0 N–H and O–H groups in total. The lowest BCUT2D eigenvalue weighted by Gasteiger charge is -2.44. The van der Waals surface area contributed by atoms with Gasteiger partial charge in [-0.25, -0.2) is 0 Å². The number of piperazine rings is 1. The lowest BCUT2D eigenvalue weighted by atomic mass is 10.1. The minimum atomic E-state index is 0.0191. The minimum Gasteiger partial charge on any atom is -0.371 e. The third-order valence-electron chi connectivity index (χ3n) is 5.18. The van der Waals surface area contributed by atoms with Crippen LogP contribution in [0.15, 0.2) is 0 Å². The van der Waals surface area contributed by atoms with Crippen LogP contribution < -0.4 is 0 Å². The molecular formula is C18H30N2O4. The summed E-state index contributed by atoms with van der Waals surface area (Å²) in [5, 5.41) is 0. The van der Waals surface area contributed by atoms with Gasteiger partial charge in [-0.3, -0.25) is 9.59 Å². The standard InChI is InChI=1S/C18H30N2O4/c1-13-7-20(18(22)12-24-10-16-5-6-16)14(2)8-19(13)17(21)11-23-9-15-3-4-15/h13-16H,3-12H2,1-2H3/t13-,14+. The van der Waals surface area contributed by atoms with Gasteiger partial charge >= 0.3 is 0 Å². The van der Waals surface area contributed by atoms with Crippen LogP contribution in [0.2, 0.25) is 0 Å². The molecule has 0 aromatic rings. The summed E-state index contributed by atoms with van der Waals surface area (Å²) in [6.07, 6.45) is 4.91. The largest absolute Gasteiger partial charge is 0.371 e. The first-order chi connectivity index (χ1) is 11.5. The lowest BCUT2D eigenvalue weighted by molar-refractivity contribution is -0.151. The van der Waals surface area contributed by atoms with E-state index < -0.39 is 0 Å². The van der Waals surface area contributed by atoms with E-state index in [2.05, 4.69) is 0 Å². The fraction of sp³-hybridized carbons (Fsp3) is 0.889. The Kier molecular flexibility index (Phi) is 5.76. The fourth-order valence-electron chi connectivity index (χ4n) is 3.18. The van der Waals surface area contributed by atoms with Crippen LogP contribution in [0.5, 0.6) is 0 Å². The maximum atomic E-state index is 12.4. The van der Waals surface area contributed by atoms with Gasteiger partial charge in [-0.1, -0.05) is 0 Å². The van der Waals surface area contributed by atoms with Crippen molar-refractivity contribution < 1.29 is 19.1 Å². The van der Waals surface area contributed by atoms with Gasteiger partial charge < -0.3 is 19.3 Å². The first-order valence-electron chi connectivity index (χ1n) is 9.29. The van der Waals surface area contributed by atoms with Crippen molar-refractivity contribution in [2.24, 2.45) is 11.8 Å². The number of hydrogen-bond donors (Lipinski definition) is 0. The third-order valence-corrected chi connectivity index (χ3v) is 5.18. The highest BCUT2D eigenvalue weighted by molar-refractivity contribution is 5.80. The average molecular weight is 338 g/mol. The van der Waals surface area contributed by atoms with E-state index in [4.69, 9.17) is 9.47 Å². The zero-order chi connectivity index (χ0) is 17.1. The predicted molar refractivity (Wildman–Crippen MR) is 89.4 cm³/mol. The molecule has 0 aromatic carbocycles. The maximum Gasteiger partial charge on any atom is 0.248 e. The van der Waals surface area contributed by atoms with E-state index >= 15 is 0 Å². The van der Waals surface area contributed by atoms with Crippen molar-refractivity contribution in [3.05, 3.63) is 0 Å². The number of nitrogens with zero attached hydrogens (tertiary/aromatic N) is 2. The van der Waals surface area contributed by atoms with E-state index in [1.165, 1.54) is 25.7 Å². The summed E-state index contributed by atoms with van der Waals surface area (Å²) in [6, 6.07) is 0.0382. The van der Waals surface area contributed by atoms with Gasteiger partial charge in [0.1, 0.15) is 13.2 Å². The maximum absolute atomic E-state index is 12.4. The second-order valence-corrected chi connectivity index (χ2v) is 7.71. The number of ether oxygens (including phenoxy) is 2. The molecule has 1 saturated heterocycles. The fourth-order valence-corrected chi connectivity index (χ4v) is 3.18. The number of rotatable bonds is 8. The molecule has 2 atom stereocenters. The number of amides is 2. The van der Waals surface area contributed by atoms with Crippen molar-refractivity contribution >= 4 is 11.8 Å². The van der Waals surface area contributed by atoms with E-state index in [1.807, 2.05) is 23.6 Å². The third kappa shape index (κ3) is 4.93. The number of carbonyl (C=O) groups is 2. The van der Waals surface area contributed by atoms with E-state index in [-0.39, 0.29) is 37.1 Å². The zero-order valence-electron chi connectivity index (χ0n) is 14.9. The summed E-state index contributed by atoms with van der Waals surface area (Å²) in [4.78, 5) is 28.4. The first-order valence-corrected chi connectivity index (χ1v) is 9.29. The molecule has 1 heterocycles. The Morgan fingerprint density at radius 2 is 1.17 bits per heavy atom. The number of hydrogen-bond acceptors (Lipinski definition) is 4. The van der Waals surface area contributed by atoms with Gasteiger partial charge in [-0.05, 0) is 51.4 Å². The summed E-state index contributed by atoms with van der Waals surface area (Å²) in [6.45, 7) is 6.85. The lowest BCUT2D eigenvalue weighted by Crippen LogP contribution is -2.60. The van der Waals surface area contributed by atoms with Crippen LogP contribution in [-0.2, 0) is 19.1 Å². The van der Waals surface area contributed by atoms with E-state index in [9.17, 15) is 9.59 Å². The molecule has 0 unspecified atom stereocenters. The molecule has 0 bridgehead atoms. The molecule has 2 amide bonds. The van der Waals surface area contributed by atoms with Gasteiger partial charge in [0.05, 0.1) is 13.2 Å². The van der Waals surface area contributed by atoms with Gasteiger partial charge in [0.25, 0.3) is 0 Å². The van der Waals surface area contributed by atoms with Crippen LogP contribution >= 0.6 is 0 Å². The summed E-state index contributed by atoms with van der Waals surface area (Å²) >= 11 is 0. The van der Waals surface area contributed by atoms with Gasteiger partial charge in [0.15, 0.2) is 0 Å². The van der Waals surface area contributed by atoms with Crippen LogP contribution in [-0.4, -0.2) is 73.2 Å². The van der Waals surface area contributed by atoms with Crippen molar-refractivity contribution in [3.63, 3.8) is 0 Å². The predicted octanol–water partition coefficient (Wildman–Crippen LogP) is 1.29. The topological polar surface area (TPSA) is 59.1 Å². The van der Waals surface area contributed by atoms with Crippen molar-refractivity contribution in [2.75, 3.05) is 39.5 Å². The SMILES string of the molecule is C[C@@H]1CN(C(=O)COCC2CC2)[C@@H](C)CN1C(=O)COCC1CC1. The summed E-state index contributed by atoms with van der Waals surface area (Å²) in [7, 11) is 0. The summed E-state index contributed by atoms with van der Waals surface area (Å²) < 4.78 is 11.0. The van der Waals surface area contributed by atoms with Crippen LogP contribution in [0.4, 0.5) is 0 Å². The van der Waals surface area contributed by atoms with E-state index in [1.54, 1.807) is 0 Å². The molecule has 24 heavy (non-hydrogen) atoms. The van der Waals surface area contributed by atoms with Crippen molar-refractivity contribution in [1.29, 1.82) is 0 Å². The molecule has 3 fully saturated rings. The highest BCUT2D eigenvalue weighted by Crippen LogP contribution is 2.29. The Bertz CT molecular complexity index is 420. The van der Waals surface area contributed by atoms with Crippen LogP contribution in [0, 0.1) is 11.8 Å². The molecule has 1 aliphatic heterocycles. The Morgan fingerprint density at radius 3 is 1.50 bits per heavy atom. The van der Waals surface area contributed by atoms with Gasteiger partial charge in [0.2, 0.25) is 11.8 Å². The molecule has 3 aliphatic rings. The molecule has 2 aliphatic carbocycles. The Balaban J connectivity index is 1.41. The van der Waals surface area contributed by atoms with Gasteiger partial charge in [-0.15, -0.1) is 0 Å². The van der Waals surface area contributed by atoms with Crippen LogP contribution in [0.25, 0.3) is 0 Å². The molecular weight excluding hydrogens is 308 g/mol. The Morgan fingerprint density at radius 1 is 0.792 bits per heavy atom. The highest BCUT2D eigenvalue weighted by Gasteiger charge is 2.34. The zero-order valence-corrected chi connectivity index (χ0v) is 14.9. The monoisotopic (exact) mass is 338 g/mol. The summed E-state index contributed by atoms with van der Waals surface area (Å²) in [5.41, 5.74) is 0. The Labute approximate surface area is 144 Å². The molecule has 3 rings (SSSR count). The average Bonchev–Trinajstić information content (AvgIpc) is 3.43. The molecule has 0 aromatic heterocycles. The quantitative estimate of drug-likeness (QED) is 0.669. The first kappa shape index (κ1) is 17.7. The van der Waals surface area contributed by atoms with E-state index in [0.29, 0.717) is 38.1 Å².